The van der Waals surface area contributed by atoms with Crippen molar-refractivity contribution in [2.24, 2.45) is 10.9 Å². The number of hydrogen-bond acceptors (Lipinski definition) is 4. The molecular weight excluding hydrogens is 448 g/mol. The predicted octanol–water partition coefficient (Wildman–Crippen LogP) is 4.80. The second-order valence-corrected chi connectivity index (χ2v) is 11.1. The van der Waals surface area contributed by atoms with Crippen LogP contribution in [0, 0.1) is 5.92 Å². The Morgan fingerprint density at radius 1 is 1.06 bits per heavy atom. The smallest absolute Gasteiger partial charge is 0.262 e. The average molecular weight is 479 g/mol. The summed E-state index contributed by atoms with van der Waals surface area (Å²) in [4.78, 5) is 20.9. The van der Waals surface area contributed by atoms with Crippen molar-refractivity contribution in [3.8, 4) is 0 Å². The lowest BCUT2D eigenvalue weighted by molar-refractivity contribution is 0.102. The fourth-order valence-electron chi connectivity index (χ4n) is 4.82. The molecule has 5 rings (SSSR count). The van der Waals surface area contributed by atoms with Gasteiger partial charge in [-0.2, -0.15) is 0 Å². The molecule has 0 spiro atoms. The molecule has 0 saturated carbocycles. The molecule has 34 heavy (non-hydrogen) atoms. The highest BCUT2D eigenvalue weighted by atomic mass is 32.2. The Bertz CT molecular complexity index is 1360. The van der Waals surface area contributed by atoms with Crippen molar-refractivity contribution >= 4 is 38.4 Å². The van der Waals surface area contributed by atoms with E-state index in [4.69, 9.17) is 0 Å². The van der Waals surface area contributed by atoms with E-state index in [2.05, 4.69) is 26.9 Å². The zero-order chi connectivity index (χ0) is 23.7. The third-order valence-electron chi connectivity index (χ3n) is 6.75. The highest BCUT2D eigenvalue weighted by Gasteiger charge is 2.21. The fourth-order valence-corrected chi connectivity index (χ4v) is 5.91. The maximum absolute atomic E-state index is 12.9. The zero-order valence-corrected chi connectivity index (χ0v) is 20.2. The Morgan fingerprint density at radius 2 is 1.88 bits per heavy atom. The SMILES string of the molecule is C[C@@H]1CCc2[nH]c3ccc(C(=O)Nc4ccc(S(=O)(=O)NC5=NCCCCC5)cc4)cc3c2C1. The number of nitrogens with one attached hydrogen (secondary N) is 3. The van der Waals surface area contributed by atoms with Crippen LogP contribution < -0.4 is 10.0 Å². The number of carbonyl (C=O) groups is 1. The Morgan fingerprint density at radius 3 is 2.71 bits per heavy atom. The zero-order valence-electron chi connectivity index (χ0n) is 19.4. The van der Waals surface area contributed by atoms with E-state index in [9.17, 15) is 13.2 Å². The summed E-state index contributed by atoms with van der Waals surface area (Å²) in [6.07, 6.45) is 6.87. The molecule has 1 aliphatic carbocycles. The highest BCUT2D eigenvalue weighted by Crippen LogP contribution is 2.32. The number of carbonyl (C=O) groups excluding carboxylic acids is 1. The number of sulfonamides is 1. The number of amides is 1. The van der Waals surface area contributed by atoms with E-state index in [1.807, 2.05) is 18.2 Å². The molecule has 0 radical (unpaired) electrons. The minimum Gasteiger partial charge on any atom is -0.358 e. The Balaban J connectivity index is 1.30. The van der Waals surface area contributed by atoms with Gasteiger partial charge in [-0.05, 0) is 86.1 Å². The van der Waals surface area contributed by atoms with E-state index < -0.39 is 10.0 Å². The molecular formula is C26H30N4O3S. The normalized spacial score (nSPS) is 18.6. The van der Waals surface area contributed by atoms with Crippen LogP contribution in [0.25, 0.3) is 10.9 Å². The number of nitrogens with zero attached hydrogens (tertiary/aromatic N) is 1. The van der Waals surface area contributed by atoms with Crippen LogP contribution in [-0.4, -0.2) is 31.7 Å². The summed E-state index contributed by atoms with van der Waals surface area (Å²) in [6, 6.07) is 12.0. The van der Waals surface area contributed by atoms with Gasteiger partial charge >= 0.3 is 0 Å². The fraction of sp³-hybridized carbons (Fsp3) is 0.385. The molecule has 1 amide bonds. The van der Waals surface area contributed by atoms with Crippen LogP contribution in [0.2, 0.25) is 0 Å². The van der Waals surface area contributed by atoms with Crippen molar-refractivity contribution in [3.05, 3.63) is 59.3 Å². The largest absolute Gasteiger partial charge is 0.358 e. The maximum atomic E-state index is 12.9. The van der Waals surface area contributed by atoms with Crippen LogP contribution in [0.15, 0.2) is 52.4 Å². The quantitative estimate of drug-likeness (QED) is 0.502. The summed E-state index contributed by atoms with van der Waals surface area (Å²) < 4.78 is 28.1. The predicted molar refractivity (Wildman–Crippen MR) is 135 cm³/mol. The van der Waals surface area contributed by atoms with Crippen LogP contribution in [0.3, 0.4) is 0 Å². The number of benzene rings is 2. The van der Waals surface area contributed by atoms with Crippen LogP contribution >= 0.6 is 0 Å². The molecule has 178 valence electrons. The van der Waals surface area contributed by atoms with Crippen LogP contribution in [0.4, 0.5) is 5.69 Å². The van der Waals surface area contributed by atoms with Crippen LogP contribution in [0.1, 0.15) is 60.6 Å². The van der Waals surface area contributed by atoms with E-state index in [0.717, 1.165) is 43.0 Å². The van der Waals surface area contributed by atoms with Gasteiger partial charge in [0.1, 0.15) is 5.84 Å². The van der Waals surface area contributed by atoms with E-state index in [-0.39, 0.29) is 10.8 Å². The summed E-state index contributed by atoms with van der Waals surface area (Å²) in [5.74, 6) is 0.941. The first-order chi connectivity index (χ1) is 16.4. The molecule has 0 unspecified atom stereocenters. The van der Waals surface area contributed by atoms with Gasteiger partial charge in [-0.3, -0.25) is 14.5 Å². The molecule has 1 aliphatic heterocycles. The van der Waals surface area contributed by atoms with E-state index in [0.29, 0.717) is 36.0 Å². The van der Waals surface area contributed by atoms with Gasteiger partial charge in [0.15, 0.2) is 0 Å². The first kappa shape index (κ1) is 22.7. The molecule has 7 nitrogen and oxygen atoms in total. The van der Waals surface area contributed by atoms with Crippen molar-refractivity contribution < 1.29 is 13.2 Å². The van der Waals surface area contributed by atoms with Crippen LogP contribution in [-0.2, 0) is 22.9 Å². The van der Waals surface area contributed by atoms with Gasteiger partial charge in [0.2, 0.25) is 0 Å². The number of aryl methyl sites for hydroxylation is 1. The molecule has 3 aromatic rings. The lowest BCUT2D eigenvalue weighted by Gasteiger charge is -2.18. The third kappa shape index (κ3) is 4.73. The van der Waals surface area contributed by atoms with Gasteiger partial charge in [-0.15, -0.1) is 0 Å². The summed E-state index contributed by atoms with van der Waals surface area (Å²) >= 11 is 0. The van der Waals surface area contributed by atoms with Crippen molar-refractivity contribution in [2.45, 2.75) is 56.8 Å². The van der Waals surface area contributed by atoms with E-state index in [1.165, 1.54) is 29.8 Å². The first-order valence-corrected chi connectivity index (χ1v) is 13.5. The van der Waals surface area contributed by atoms with Crippen molar-refractivity contribution in [1.29, 1.82) is 0 Å². The number of aromatic amines is 1. The number of aromatic nitrogens is 1. The van der Waals surface area contributed by atoms with Crippen molar-refractivity contribution in [3.63, 3.8) is 0 Å². The average Bonchev–Trinajstić information content (AvgIpc) is 2.98. The number of rotatable bonds is 4. The Labute approximate surface area is 200 Å². The van der Waals surface area contributed by atoms with Crippen molar-refractivity contribution in [1.82, 2.24) is 9.71 Å². The molecule has 0 saturated heterocycles. The molecule has 3 N–H and O–H groups in total. The molecule has 1 aromatic heterocycles. The van der Waals surface area contributed by atoms with Crippen molar-refractivity contribution in [2.75, 3.05) is 11.9 Å². The Kier molecular flexibility index (Phi) is 6.16. The highest BCUT2D eigenvalue weighted by molar-refractivity contribution is 7.90. The number of H-pyrrole nitrogens is 1. The van der Waals surface area contributed by atoms with Crippen LogP contribution in [0.5, 0.6) is 0 Å². The maximum Gasteiger partial charge on any atom is 0.262 e. The van der Waals surface area contributed by atoms with E-state index >= 15 is 0 Å². The molecule has 2 aliphatic rings. The summed E-state index contributed by atoms with van der Waals surface area (Å²) in [5.41, 5.74) is 4.79. The monoisotopic (exact) mass is 478 g/mol. The lowest BCUT2D eigenvalue weighted by Crippen LogP contribution is -2.30. The molecule has 0 fully saturated rings. The number of anilines is 1. The topological polar surface area (TPSA) is 103 Å². The molecule has 1 atom stereocenters. The van der Waals surface area contributed by atoms with E-state index in [1.54, 1.807) is 12.1 Å². The molecule has 2 heterocycles. The summed E-state index contributed by atoms with van der Waals surface area (Å²) in [6.45, 7) is 2.92. The third-order valence-corrected chi connectivity index (χ3v) is 8.14. The minimum atomic E-state index is -3.70. The van der Waals surface area contributed by atoms with Gasteiger partial charge in [0.25, 0.3) is 15.9 Å². The minimum absolute atomic E-state index is 0.145. The van der Waals surface area contributed by atoms with Gasteiger partial charge in [-0.1, -0.05) is 13.3 Å². The Hall–Kier alpha value is -3.13. The van der Waals surface area contributed by atoms with Gasteiger partial charge in [0, 0.05) is 40.8 Å². The first-order valence-electron chi connectivity index (χ1n) is 12.0. The number of aliphatic imine (C=N–C) groups is 1. The molecule has 0 bridgehead atoms. The summed E-state index contributed by atoms with van der Waals surface area (Å²) in [7, 11) is -3.70. The number of hydrogen-bond donors (Lipinski definition) is 3. The van der Waals surface area contributed by atoms with Gasteiger partial charge in [0.05, 0.1) is 4.90 Å². The molecule has 2 aromatic carbocycles. The standard InChI is InChI=1S/C26H30N4O3S/c1-17-6-12-23-21(15-17)22-16-18(7-13-24(22)29-23)26(31)28-19-8-10-20(11-9-19)34(32,33)30-25-5-3-2-4-14-27-25/h7-11,13,16-17,29H,2-6,12,14-15H2,1H3,(H,27,30)(H,28,31)/t17-/m1/s1. The number of fused-ring (bicyclic) bond motifs is 3. The second kappa shape index (κ2) is 9.25. The summed E-state index contributed by atoms with van der Waals surface area (Å²) in [5, 5.41) is 4.00. The molecule has 8 heteroatoms. The van der Waals surface area contributed by atoms with Gasteiger partial charge < -0.3 is 10.3 Å². The second-order valence-electron chi connectivity index (χ2n) is 9.41. The lowest BCUT2D eigenvalue weighted by atomic mass is 9.87. The van der Waals surface area contributed by atoms with Gasteiger partial charge in [-0.25, -0.2) is 8.42 Å². The number of amidine groups is 1.